The van der Waals surface area contributed by atoms with Crippen LogP contribution in [0.5, 0.6) is 5.75 Å². The molecule has 1 amide bonds. The number of rotatable bonds is 4. The molecule has 2 aromatic carbocycles. The van der Waals surface area contributed by atoms with Crippen molar-refractivity contribution in [3.63, 3.8) is 0 Å². The molecule has 1 N–H and O–H groups in total. The average Bonchev–Trinajstić information content (AvgIpc) is 3.01. The summed E-state index contributed by atoms with van der Waals surface area (Å²) >= 11 is 0. The molecule has 0 aliphatic rings. The van der Waals surface area contributed by atoms with E-state index in [9.17, 15) is 4.79 Å². The van der Waals surface area contributed by atoms with Crippen LogP contribution in [-0.4, -0.2) is 17.6 Å². The molecule has 4 heteroatoms. The van der Waals surface area contributed by atoms with Gasteiger partial charge < -0.3 is 14.6 Å². The second kappa shape index (κ2) is 6.40. The Hall–Kier alpha value is -2.75. The Kier molecular flexibility index (Phi) is 4.30. The van der Waals surface area contributed by atoms with Gasteiger partial charge in [0.15, 0.2) is 0 Å². The van der Waals surface area contributed by atoms with Crippen LogP contribution in [0.15, 0.2) is 48.7 Å². The molecule has 0 spiro atoms. The van der Waals surface area contributed by atoms with Gasteiger partial charge in [0.25, 0.3) is 0 Å². The van der Waals surface area contributed by atoms with Crippen LogP contribution < -0.4 is 10.1 Å². The molecule has 0 bridgehead atoms. The molecule has 124 valence electrons. The largest absolute Gasteiger partial charge is 0.497 e. The van der Waals surface area contributed by atoms with E-state index in [0.29, 0.717) is 0 Å². The van der Waals surface area contributed by atoms with Crippen molar-refractivity contribution in [3.8, 4) is 5.75 Å². The summed E-state index contributed by atoms with van der Waals surface area (Å²) in [5.41, 5.74) is 4.14. The van der Waals surface area contributed by atoms with Gasteiger partial charge in [0.05, 0.1) is 7.11 Å². The van der Waals surface area contributed by atoms with Gasteiger partial charge >= 0.3 is 0 Å². The van der Waals surface area contributed by atoms with Crippen molar-refractivity contribution in [2.24, 2.45) is 0 Å². The minimum absolute atomic E-state index is 0.0305. The van der Waals surface area contributed by atoms with E-state index in [0.717, 1.165) is 27.9 Å². The Morgan fingerprint density at radius 1 is 1.17 bits per heavy atom. The molecule has 1 atom stereocenters. The van der Waals surface area contributed by atoms with E-state index < -0.39 is 0 Å². The molecule has 1 unspecified atom stereocenters. The predicted octanol–water partition coefficient (Wildman–Crippen LogP) is 4.47. The number of ether oxygens (including phenoxy) is 1. The average molecular weight is 322 g/mol. The van der Waals surface area contributed by atoms with E-state index in [1.54, 1.807) is 7.11 Å². The number of hydrogen-bond acceptors (Lipinski definition) is 2. The molecule has 3 aromatic rings. The third-order valence-electron chi connectivity index (χ3n) is 4.59. The SMILES string of the molecule is COc1ccc2c(ccn2C(C)C(=O)Nc2cccc(C)c2C)c1. The summed E-state index contributed by atoms with van der Waals surface area (Å²) in [6, 6.07) is 13.5. The number of aromatic nitrogens is 1. The van der Waals surface area contributed by atoms with Gasteiger partial charge in [-0.15, -0.1) is 0 Å². The topological polar surface area (TPSA) is 43.3 Å². The summed E-state index contributed by atoms with van der Waals surface area (Å²) in [7, 11) is 1.65. The molecule has 0 saturated carbocycles. The van der Waals surface area contributed by atoms with Crippen LogP contribution in [0.2, 0.25) is 0 Å². The zero-order valence-corrected chi connectivity index (χ0v) is 14.5. The molecule has 0 radical (unpaired) electrons. The standard InChI is InChI=1S/C20H22N2O2/c1-13-6-5-7-18(14(13)2)21-20(23)15(3)22-11-10-16-12-17(24-4)8-9-19(16)22/h5-12,15H,1-4H3,(H,21,23). The first-order valence-electron chi connectivity index (χ1n) is 8.03. The monoisotopic (exact) mass is 322 g/mol. The summed E-state index contributed by atoms with van der Waals surface area (Å²) in [6.07, 6.45) is 1.94. The highest BCUT2D eigenvalue weighted by Gasteiger charge is 2.17. The molecule has 4 nitrogen and oxygen atoms in total. The van der Waals surface area contributed by atoms with Crippen LogP contribution in [-0.2, 0) is 4.79 Å². The van der Waals surface area contributed by atoms with Crippen molar-refractivity contribution < 1.29 is 9.53 Å². The maximum atomic E-state index is 12.7. The van der Waals surface area contributed by atoms with Crippen molar-refractivity contribution >= 4 is 22.5 Å². The first kappa shape index (κ1) is 16.1. The van der Waals surface area contributed by atoms with Crippen molar-refractivity contribution in [2.45, 2.75) is 26.8 Å². The minimum Gasteiger partial charge on any atom is -0.497 e. The number of carbonyl (C=O) groups is 1. The maximum absolute atomic E-state index is 12.7. The Balaban J connectivity index is 1.87. The van der Waals surface area contributed by atoms with Crippen LogP contribution in [0.25, 0.3) is 10.9 Å². The molecule has 24 heavy (non-hydrogen) atoms. The number of benzene rings is 2. The van der Waals surface area contributed by atoms with Crippen molar-refractivity contribution in [3.05, 3.63) is 59.8 Å². The van der Waals surface area contributed by atoms with Gasteiger partial charge in [-0.2, -0.15) is 0 Å². The summed E-state index contributed by atoms with van der Waals surface area (Å²) in [6.45, 7) is 5.97. The van der Waals surface area contributed by atoms with Crippen LogP contribution in [0.1, 0.15) is 24.1 Å². The number of amides is 1. The fraction of sp³-hybridized carbons (Fsp3) is 0.250. The lowest BCUT2D eigenvalue weighted by Crippen LogP contribution is -2.23. The van der Waals surface area contributed by atoms with E-state index in [-0.39, 0.29) is 11.9 Å². The zero-order chi connectivity index (χ0) is 17.3. The van der Waals surface area contributed by atoms with E-state index in [2.05, 4.69) is 5.32 Å². The van der Waals surface area contributed by atoms with Gasteiger partial charge in [-0.3, -0.25) is 4.79 Å². The smallest absolute Gasteiger partial charge is 0.247 e. The lowest BCUT2D eigenvalue weighted by atomic mass is 10.1. The second-order valence-corrected chi connectivity index (χ2v) is 6.06. The van der Waals surface area contributed by atoms with Gasteiger partial charge in [-0.05, 0) is 62.2 Å². The number of anilines is 1. The molecule has 0 aliphatic heterocycles. The second-order valence-electron chi connectivity index (χ2n) is 6.06. The lowest BCUT2D eigenvalue weighted by Gasteiger charge is -2.17. The molecule has 0 fully saturated rings. The molecular formula is C20H22N2O2. The van der Waals surface area contributed by atoms with Crippen LogP contribution >= 0.6 is 0 Å². The Labute approximate surface area is 142 Å². The fourth-order valence-corrected chi connectivity index (χ4v) is 2.86. The quantitative estimate of drug-likeness (QED) is 0.770. The van der Waals surface area contributed by atoms with Gasteiger partial charge in [0.1, 0.15) is 11.8 Å². The van der Waals surface area contributed by atoms with Crippen molar-refractivity contribution in [2.75, 3.05) is 12.4 Å². The van der Waals surface area contributed by atoms with Crippen LogP contribution in [0.3, 0.4) is 0 Å². The third kappa shape index (κ3) is 2.87. The summed E-state index contributed by atoms with van der Waals surface area (Å²) in [5, 5.41) is 4.10. The summed E-state index contributed by atoms with van der Waals surface area (Å²) in [4.78, 5) is 12.7. The van der Waals surface area contributed by atoms with Crippen molar-refractivity contribution in [1.29, 1.82) is 0 Å². The molecular weight excluding hydrogens is 300 g/mol. The minimum atomic E-state index is -0.309. The number of aryl methyl sites for hydroxylation is 1. The van der Waals surface area contributed by atoms with Gasteiger partial charge in [-0.1, -0.05) is 12.1 Å². The zero-order valence-electron chi connectivity index (χ0n) is 14.5. The Bertz CT molecular complexity index is 896. The first-order chi connectivity index (χ1) is 11.5. The maximum Gasteiger partial charge on any atom is 0.247 e. The van der Waals surface area contributed by atoms with Crippen LogP contribution in [0.4, 0.5) is 5.69 Å². The van der Waals surface area contributed by atoms with E-state index >= 15 is 0 Å². The number of methoxy groups -OCH3 is 1. The number of hydrogen-bond donors (Lipinski definition) is 1. The first-order valence-corrected chi connectivity index (χ1v) is 8.03. The Morgan fingerprint density at radius 2 is 1.96 bits per heavy atom. The summed E-state index contributed by atoms with van der Waals surface area (Å²) < 4.78 is 7.24. The third-order valence-corrected chi connectivity index (χ3v) is 4.59. The van der Waals surface area contributed by atoms with Crippen LogP contribution in [0, 0.1) is 13.8 Å². The van der Waals surface area contributed by atoms with Gasteiger partial charge in [0, 0.05) is 22.8 Å². The number of nitrogens with zero attached hydrogens (tertiary/aromatic N) is 1. The molecule has 1 heterocycles. The molecule has 0 aliphatic carbocycles. The van der Waals surface area contributed by atoms with E-state index in [1.165, 1.54) is 5.56 Å². The Morgan fingerprint density at radius 3 is 2.71 bits per heavy atom. The number of carbonyl (C=O) groups excluding carboxylic acids is 1. The molecule has 3 rings (SSSR count). The highest BCUT2D eigenvalue weighted by Crippen LogP contribution is 2.26. The normalized spacial score (nSPS) is 12.2. The van der Waals surface area contributed by atoms with Crippen molar-refractivity contribution in [1.82, 2.24) is 4.57 Å². The highest BCUT2D eigenvalue weighted by molar-refractivity contribution is 5.95. The highest BCUT2D eigenvalue weighted by atomic mass is 16.5. The lowest BCUT2D eigenvalue weighted by molar-refractivity contribution is -0.118. The molecule has 0 saturated heterocycles. The van der Waals surface area contributed by atoms with E-state index in [4.69, 9.17) is 4.74 Å². The summed E-state index contributed by atoms with van der Waals surface area (Å²) in [5.74, 6) is 0.782. The van der Waals surface area contributed by atoms with Gasteiger partial charge in [-0.25, -0.2) is 0 Å². The fourth-order valence-electron chi connectivity index (χ4n) is 2.86. The number of nitrogens with one attached hydrogen (secondary N) is 1. The van der Waals surface area contributed by atoms with Gasteiger partial charge in [0.2, 0.25) is 5.91 Å². The van der Waals surface area contributed by atoms with E-state index in [1.807, 2.05) is 74.0 Å². The predicted molar refractivity (Wildman–Crippen MR) is 97.7 cm³/mol. The molecule has 1 aromatic heterocycles. The number of fused-ring (bicyclic) bond motifs is 1.